The van der Waals surface area contributed by atoms with Crippen LogP contribution in [0.1, 0.15) is 25.8 Å². The van der Waals surface area contributed by atoms with Gasteiger partial charge in [0, 0.05) is 10.1 Å². The van der Waals surface area contributed by atoms with Crippen molar-refractivity contribution in [1.82, 2.24) is 0 Å². The topological polar surface area (TPSA) is 26.0 Å². The molecule has 14 heavy (non-hydrogen) atoms. The van der Waals surface area contributed by atoms with E-state index in [9.17, 15) is 0 Å². The number of thioether (sulfide) groups is 1. The molecule has 1 aromatic carbocycles. The summed E-state index contributed by atoms with van der Waals surface area (Å²) in [6.45, 7) is 6.47. The highest BCUT2D eigenvalue weighted by molar-refractivity contribution is 8.00. The van der Waals surface area contributed by atoms with E-state index >= 15 is 0 Å². The third kappa shape index (κ3) is 2.82. The second kappa shape index (κ2) is 4.94. The number of halogens is 1. The first-order valence-electron chi connectivity index (χ1n) is 4.76. The smallest absolute Gasteiger partial charge is 0.0646 e. The van der Waals surface area contributed by atoms with Gasteiger partial charge in [-0.2, -0.15) is 0 Å². The van der Waals surface area contributed by atoms with E-state index in [1.54, 1.807) is 0 Å². The lowest BCUT2D eigenvalue weighted by molar-refractivity contribution is 0.905. The lowest BCUT2D eigenvalue weighted by atomic mass is 10.2. The Morgan fingerprint density at radius 3 is 2.71 bits per heavy atom. The summed E-state index contributed by atoms with van der Waals surface area (Å²) in [4.78, 5) is 1.23. The molecule has 1 rings (SSSR count). The van der Waals surface area contributed by atoms with Gasteiger partial charge in [-0.3, -0.25) is 0 Å². The van der Waals surface area contributed by atoms with Gasteiger partial charge in [-0.1, -0.05) is 25.4 Å². The van der Waals surface area contributed by atoms with E-state index in [0.717, 1.165) is 6.42 Å². The summed E-state index contributed by atoms with van der Waals surface area (Å²) in [5.41, 5.74) is 7.58. The zero-order chi connectivity index (χ0) is 10.7. The minimum atomic E-state index is 0.619. The van der Waals surface area contributed by atoms with Crippen LogP contribution in [0.5, 0.6) is 0 Å². The maximum atomic E-state index is 5.97. The molecule has 0 amide bonds. The number of hydrogen-bond acceptors (Lipinski definition) is 2. The van der Waals surface area contributed by atoms with Gasteiger partial charge < -0.3 is 5.73 Å². The molecular formula is C11H16ClNS. The number of nitrogen functional groups attached to an aromatic ring is 1. The first-order valence-corrected chi connectivity index (χ1v) is 6.02. The predicted octanol–water partition coefficient (Wildman–Crippen LogP) is 4.12. The van der Waals surface area contributed by atoms with Crippen LogP contribution in [0, 0.1) is 6.92 Å². The van der Waals surface area contributed by atoms with Gasteiger partial charge in [0.25, 0.3) is 0 Å². The fraction of sp³-hybridized carbons (Fsp3) is 0.455. The van der Waals surface area contributed by atoms with E-state index < -0.39 is 0 Å². The molecule has 78 valence electrons. The summed E-state index contributed by atoms with van der Waals surface area (Å²) in [7, 11) is 0. The van der Waals surface area contributed by atoms with Crippen molar-refractivity contribution in [3.05, 3.63) is 22.7 Å². The van der Waals surface area contributed by atoms with Crippen molar-refractivity contribution in [2.24, 2.45) is 0 Å². The van der Waals surface area contributed by atoms with Gasteiger partial charge in [-0.25, -0.2) is 0 Å². The molecule has 1 nitrogen and oxygen atoms in total. The number of rotatable bonds is 3. The molecule has 0 aliphatic rings. The molecule has 0 bridgehead atoms. The van der Waals surface area contributed by atoms with Crippen molar-refractivity contribution in [1.29, 1.82) is 0 Å². The minimum absolute atomic E-state index is 0.619. The highest BCUT2D eigenvalue weighted by Crippen LogP contribution is 2.33. The quantitative estimate of drug-likeness (QED) is 0.623. The van der Waals surface area contributed by atoms with Crippen LogP contribution in [0.25, 0.3) is 0 Å². The van der Waals surface area contributed by atoms with E-state index in [1.165, 1.54) is 10.5 Å². The Balaban J connectivity index is 2.92. The van der Waals surface area contributed by atoms with Crippen LogP contribution in [-0.2, 0) is 0 Å². The number of nitrogens with two attached hydrogens (primary N) is 1. The maximum Gasteiger partial charge on any atom is 0.0646 e. The molecule has 0 aliphatic carbocycles. The molecular weight excluding hydrogens is 214 g/mol. The molecule has 1 unspecified atom stereocenters. The molecule has 0 spiro atoms. The lowest BCUT2D eigenvalue weighted by Gasteiger charge is -2.12. The normalized spacial score (nSPS) is 12.9. The van der Waals surface area contributed by atoms with Crippen LogP contribution in [0.4, 0.5) is 5.69 Å². The Labute approximate surface area is 95.0 Å². The number of benzene rings is 1. The van der Waals surface area contributed by atoms with Gasteiger partial charge in [0.15, 0.2) is 0 Å². The molecule has 0 saturated heterocycles. The van der Waals surface area contributed by atoms with Gasteiger partial charge in [0.1, 0.15) is 0 Å². The van der Waals surface area contributed by atoms with Crippen molar-refractivity contribution in [2.45, 2.75) is 37.3 Å². The van der Waals surface area contributed by atoms with Crippen LogP contribution in [0.3, 0.4) is 0 Å². The summed E-state index contributed by atoms with van der Waals surface area (Å²) < 4.78 is 0. The summed E-state index contributed by atoms with van der Waals surface area (Å²) in [5.74, 6) is 0. The molecule has 0 aromatic heterocycles. The third-order valence-electron chi connectivity index (χ3n) is 2.20. The molecule has 3 heteroatoms. The molecule has 0 saturated carbocycles. The van der Waals surface area contributed by atoms with Crippen molar-refractivity contribution >= 4 is 29.1 Å². The maximum absolute atomic E-state index is 5.97. The first-order chi connectivity index (χ1) is 6.54. The van der Waals surface area contributed by atoms with Crippen molar-refractivity contribution in [3.8, 4) is 0 Å². The Kier molecular flexibility index (Phi) is 4.14. The Morgan fingerprint density at radius 1 is 1.50 bits per heavy atom. The van der Waals surface area contributed by atoms with Crippen LogP contribution < -0.4 is 5.73 Å². The largest absolute Gasteiger partial charge is 0.398 e. The standard InChI is InChI=1S/C11H16ClNS/c1-4-8(3)14-11-6-9(12)10(13)5-7(11)2/h5-6,8H,4,13H2,1-3H3. The molecule has 1 aromatic rings. The van der Waals surface area contributed by atoms with Crippen LogP contribution >= 0.6 is 23.4 Å². The monoisotopic (exact) mass is 229 g/mol. The molecule has 0 heterocycles. The number of anilines is 1. The van der Waals surface area contributed by atoms with E-state index in [0.29, 0.717) is 16.0 Å². The zero-order valence-electron chi connectivity index (χ0n) is 8.80. The highest BCUT2D eigenvalue weighted by Gasteiger charge is 2.07. The van der Waals surface area contributed by atoms with Gasteiger partial charge in [-0.15, -0.1) is 11.8 Å². The summed E-state index contributed by atoms with van der Waals surface area (Å²) >= 11 is 7.83. The van der Waals surface area contributed by atoms with Gasteiger partial charge in [-0.05, 0) is 31.0 Å². The predicted molar refractivity (Wildman–Crippen MR) is 66.2 cm³/mol. The van der Waals surface area contributed by atoms with E-state index in [1.807, 2.05) is 23.9 Å². The first kappa shape index (κ1) is 11.7. The molecule has 0 radical (unpaired) electrons. The Morgan fingerprint density at radius 2 is 2.14 bits per heavy atom. The van der Waals surface area contributed by atoms with E-state index in [4.69, 9.17) is 17.3 Å². The van der Waals surface area contributed by atoms with Crippen molar-refractivity contribution < 1.29 is 0 Å². The van der Waals surface area contributed by atoms with E-state index in [-0.39, 0.29) is 0 Å². The fourth-order valence-electron chi connectivity index (χ4n) is 1.11. The minimum Gasteiger partial charge on any atom is -0.398 e. The average molecular weight is 230 g/mol. The third-order valence-corrected chi connectivity index (χ3v) is 3.95. The van der Waals surface area contributed by atoms with Gasteiger partial charge in [0.2, 0.25) is 0 Å². The van der Waals surface area contributed by atoms with Crippen molar-refractivity contribution in [3.63, 3.8) is 0 Å². The fourth-order valence-corrected chi connectivity index (χ4v) is 2.37. The summed E-state index contributed by atoms with van der Waals surface area (Å²) in [6, 6.07) is 3.90. The Bertz CT molecular complexity index is 325. The SMILES string of the molecule is CCC(C)Sc1cc(Cl)c(N)cc1C. The zero-order valence-corrected chi connectivity index (χ0v) is 10.4. The lowest BCUT2D eigenvalue weighted by Crippen LogP contribution is -1.95. The number of hydrogen-bond donors (Lipinski definition) is 1. The van der Waals surface area contributed by atoms with Crippen LogP contribution in [-0.4, -0.2) is 5.25 Å². The Hall–Kier alpha value is -0.340. The highest BCUT2D eigenvalue weighted by atomic mass is 35.5. The summed E-state index contributed by atoms with van der Waals surface area (Å²) in [6.07, 6.45) is 1.16. The van der Waals surface area contributed by atoms with Gasteiger partial charge >= 0.3 is 0 Å². The summed E-state index contributed by atoms with van der Waals surface area (Å²) in [5, 5.41) is 1.27. The van der Waals surface area contributed by atoms with E-state index in [2.05, 4.69) is 20.8 Å². The molecule has 1 atom stereocenters. The second-order valence-electron chi connectivity index (χ2n) is 3.48. The van der Waals surface area contributed by atoms with Crippen LogP contribution in [0.15, 0.2) is 17.0 Å². The van der Waals surface area contributed by atoms with Crippen LogP contribution in [0.2, 0.25) is 5.02 Å². The molecule has 0 aliphatic heterocycles. The number of aryl methyl sites for hydroxylation is 1. The van der Waals surface area contributed by atoms with Gasteiger partial charge in [0.05, 0.1) is 10.7 Å². The average Bonchev–Trinajstić information content (AvgIpc) is 2.14. The second-order valence-corrected chi connectivity index (χ2v) is 5.36. The van der Waals surface area contributed by atoms with Crippen molar-refractivity contribution in [2.75, 3.05) is 5.73 Å². The molecule has 2 N–H and O–H groups in total. The molecule has 0 fully saturated rings.